The minimum Gasteiger partial charge on any atom is -0.444 e. The lowest BCUT2D eigenvalue weighted by Crippen LogP contribution is -2.50. The molecular formula is C17H29N3O2. The van der Waals surface area contributed by atoms with E-state index in [1.807, 2.05) is 37.9 Å². The maximum Gasteiger partial charge on any atom is 0.410 e. The number of aromatic amines is 1. The highest BCUT2D eigenvalue weighted by Gasteiger charge is 2.30. The van der Waals surface area contributed by atoms with Crippen LogP contribution in [0.5, 0.6) is 0 Å². The normalized spacial score (nSPS) is 20.7. The summed E-state index contributed by atoms with van der Waals surface area (Å²) < 4.78 is 5.54. The first-order valence-electron chi connectivity index (χ1n) is 8.23. The maximum absolute atomic E-state index is 12.4. The van der Waals surface area contributed by atoms with Crippen molar-refractivity contribution in [3.8, 4) is 0 Å². The van der Waals surface area contributed by atoms with Crippen molar-refractivity contribution in [3.63, 3.8) is 0 Å². The molecule has 1 aromatic rings. The summed E-state index contributed by atoms with van der Waals surface area (Å²) in [6.07, 6.45) is 5.00. The molecule has 1 fully saturated rings. The first-order valence-corrected chi connectivity index (χ1v) is 8.23. The molecule has 2 N–H and O–H groups in total. The van der Waals surface area contributed by atoms with Crippen LogP contribution in [0.1, 0.15) is 58.7 Å². The van der Waals surface area contributed by atoms with Gasteiger partial charge in [0.05, 0.1) is 0 Å². The molecular weight excluding hydrogens is 278 g/mol. The summed E-state index contributed by atoms with van der Waals surface area (Å²) in [6.45, 7) is 9.45. The van der Waals surface area contributed by atoms with Gasteiger partial charge in [-0.05, 0) is 59.1 Å². The second-order valence-corrected chi connectivity index (χ2v) is 7.08. The van der Waals surface area contributed by atoms with Crippen molar-refractivity contribution in [1.29, 1.82) is 0 Å². The van der Waals surface area contributed by atoms with Crippen LogP contribution < -0.4 is 5.32 Å². The summed E-state index contributed by atoms with van der Waals surface area (Å²) >= 11 is 0. The average molecular weight is 307 g/mol. The minimum atomic E-state index is -0.440. The van der Waals surface area contributed by atoms with Gasteiger partial charge in [0.15, 0.2) is 0 Å². The molecule has 0 aliphatic carbocycles. The quantitative estimate of drug-likeness (QED) is 0.895. The molecule has 2 rings (SSSR count). The van der Waals surface area contributed by atoms with Crippen molar-refractivity contribution in [3.05, 3.63) is 24.0 Å². The van der Waals surface area contributed by atoms with Crippen molar-refractivity contribution >= 4 is 6.09 Å². The number of carbonyl (C=O) groups excluding carboxylic acids is 1. The zero-order valence-corrected chi connectivity index (χ0v) is 14.2. The van der Waals surface area contributed by atoms with Crippen molar-refractivity contribution in [2.75, 3.05) is 13.1 Å². The van der Waals surface area contributed by atoms with E-state index in [1.165, 1.54) is 12.1 Å². The molecule has 1 aromatic heterocycles. The van der Waals surface area contributed by atoms with Crippen molar-refractivity contribution in [2.45, 2.75) is 64.6 Å². The summed E-state index contributed by atoms with van der Waals surface area (Å²) in [6, 6.07) is 4.53. The molecule has 0 unspecified atom stereocenters. The molecule has 0 spiro atoms. The van der Waals surface area contributed by atoms with Gasteiger partial charge in [-0.1, -0.05) is 0 Å². The van der Waals surface area contributed by atoms with E-state index in [2.05, 4.69) is 23.3 Å². The molecule has 1 saturated heterocycles. The van der Waals surface area contributed by atoms with Crippen molar-refractivity contribution < 1.29 is 9.53 Å². The van der Waals surface area contributed by atoms with Crippen LogP contribution >= 0.6 is 0 Å². The lowest BCUT2D eigenvalue weighted by molar-refractivity contribution is 0.00969. The van der Waals surface area contributed by atoms with Crippen LogP contribution in [-0.2, 0) is 4.74 Å². The molecule has 0 radical (unpaired) electrons. The Labute approximate surface area is 133 Å². The highest BCUT2D eigenvalue weighted by atomic mass is 16.6. The van der Waals surface area contributed by atoms with Gasteiger partial charge in [0.25, 0.3) is 0 Å². The number of hydrogen-bond acceptors (Lipinski definition) is 3. The monoisotopic (exact) mass is 307 g/mol. The minimum absolute atomic E-state index is 0.188. The van der Waals surface area contributed by atoms with E-state index >= 15 is 0 Å². The van der Waals surface area contributed by atoms with Crippen LogP contribution in [0.25, 0.3) is 0 Å². The van der Waals surface area contributed by atoms with Crippen molar-refractivity contribution in [1.82, 2.24) is 15.2 Å². The van der Waals surface area contributed by atoms with E-state index in [0.717, 1.165) is 25.9 Å². The summed E-state index contributed by atoms with van der Waals surface area (Å²) in [5.74, 6) is 0. The molecule has 1 amide bonds. The molecule has 0 saturated carbocycles. The zero-order chi connectivity index (χ0) is 16.2. The van der Waals surface area contributed by atoms with E-state index < -0.39 is 5.60 Å². The first-order chi connectivity index (χ1) is 10.4. The van der Waals surface area contributed by atoms with Crippen LogP contribution in [0.4, 0.5) is 4.79 Å². The largest absolute Gasteiger partial charge is 0.444 e. The number of nitrogens with one attached hydrogen (secondary N) is 2. The molecule has 22 heavy (non-hydrogen) atoms. The molecule has 1 aliphatic rings. The van der Waals surface area contributed by atoms with Gasteiger partial charge >= 0.3 is 6.09 Å². The number of rotatable bonds is 4. The molecule has 124 valence electrons. The second-order valence-electron chi connectivity index (χ2n) is 7.08. The average Bonchev–Trinajstić information content (AvgIpc) is 2.97. The Hall–Kier alpha value is -1.49. The van der Waals surface area contributed by atoms with E-state index in [4.69, 9.17) is 4.74 Å². The summed E-state index contributed by atoms with van der Waals surface area (Å²) in [4.78, 5) is 17.5. The number of likely N-dealkylation sites (tertiary alicyclic amines) is 1. The van der Waals surface area contributed by atoms with Gasteiger partial charge in [0.2, 0.25) is 0 Å². The van der Waals surface area contributed by atoms with Crippen LogP contribution in [0.2, 0.25) is 0 Å². The molecule has 2 atom stereocenters. The highest BCUT2D eigenvalue weighted by molar-refractivity contribution is 5.68. The highest BCUT2D eigenvalue weighted by Crippen LogP contribution is 2.21. The number of piperidine rings is 1. The fourth-order valence-electron chi connectivity index (χ4n) is 2.81. The Morgan fingerprint density at radius 1 is 1.50 bits per heavy atom. The maximum atomic E-state index is 12.4. The smallest absolute Gasteiger partial charge is 0.410 e. The number of hydrogen-bond donors (Lipinski definition) is 2. The van der Waals surface area contributed by atoms with Crippen LogP contribution in [0, 0.1) is 0 Å². The third-order valence-electron chi connectivity index (χ3n) is 4.00. The van der Waals surface area contributed by atoms with Gasteiger partial charge in [-0.15, -0.1) is 0 Å². The third kappa shape index (κ3) is 4.77. The van der Waals surface area contributed by atoms with E-state index in [1.54, 1.807) is 0 Å². The lowest BCUT2D eigenvalue weighted by Gasteiger charge is -2.37. The molecule has 5 nitrogen and oxygen atoms in total. The predicted molar refractivity (Wildman–Crippen MR) is 87.8 cm³/mol. The molecule has 5 heteroatoms. The Morgan fingerprint density at radius 2 is 2.27 bits per heavy atom. The molecule has 1 aliphatic heterocycles. The number of ether oxygens (including phenoxy) is 1. The van der Waals surface area contributed by atoms with Gasteiger partial charge in [-0.2, -0.15) is 0 Å². The standard InChI is InChI=1S/C17H29N3O2/c1-13(15-9-7-10-18-15)19-12-14-8-5-6-11-20(14)16(21)22-17(2,3)4/h7,9-10,13-14,18-19H,5-6,8,11-12H2,1-4H3/t13-,14+/m1/s1. The Balaban J connectivity index is 1.90. The topological polar surface area (TPSA) is 57.4 Å². The zero-order valence-electron chi connectivity index (χ0n) is 14.2. The fourth-order valence-corrected chi connectivity index (χ4v) is 2.81. The van der Waals surface area contributed by atoms with Crippen molar-refractivity contribution in [2.24, 2.45) is 0 Å². The van der Waals surface area contributed by atoms with Crippen LogP contribution in [-0.4, -0.2) is 40.7 Å². The first kappa shape index (κ1) is 16.9. The lowest BCUT2D eigenvalue weighted by atomic mass is 10.0. The van der Waals surface area contributed by atoms with Crippen LogP contribution in [0.15, 0.2) is 18.3 Å². The van der Waals surface area contributed by atoms with E-state index in [9.17, 15) is 4.79 Å². The van der Waals surface area contributed by atoms with E-state index in [0.29, 0.717) is 0 Å². The predicted octanol–water partition coefficient (Wildman–Crippen LogP) is 3.45. The number of aromatic nitrogens is 1. The number of carbonyl (C=O) groups is 1. The number of H-pyrrole nitrogens is 1. The summed E-state index contributed by atoms with van der Waals surface area (Å²) in [7, 11) is 0. The van der Waals surface area contributed by atoms with Gasteiger partial charge < -0.3 is 19.9 Å². The molecule has 0 aromatic carbocycles. The summed E-state index contributed by atoms with van der Waals surface area (Å²) in [5, 5.41) is 3.52. The molecule has 2 heterocycles. The number of nitrogens with zero attached hydrogens (tertiary/aromatic N) is 1. The Kier molecular flexibility index (Phi) is 5.51. The van der Waals surface area contributed by atoms with Gasteiger partial charge in [0.1, 0.15) is 5.60 Å². The summed E-state index contributed by atoms with van der Waals surface area (Å²) in [5.41, 5.74) is 0.726. The van der Waals surface area contributed by atoms with Gasteiger partial charge in [-0.25, -0.2) is 4.79 Å². The third-order valence-corrected chi connectivity index (χ3v) is 4.00. The Bertz CT molecular complexity index is 465. The SMILES string of the molecule is C[C@@H](NC[C@@H]1CCCCN1C(=O)OC(C)(C)C)c1ccc[nH]1. The Morgan fingerprint density at radius 3 is 2.91 bits per heavy atom. The van der Waals surface area contributed by atoms with Gasteiger partial charge in [0, 0.05) is 37.1 Å². The second kappa shape index (κ2) is 7.18. The molecule has 0 bridgehead atoms. The number of amides is 1. The van der Waals surface area contributed by atoms with Crippen LogP contribution in [0.3, 0.4) is 0 Å². The van der Waals surface area contributed by atoms with E-state index in [-0.39, 0.29) is 18.2 Å². The fraction of sp³-hybridized carbons (Fsp3) is 0.706. The van der Waals surface area contributed by atoms with Gasteiger partial charge in [-0.3, -0.25) is 0 Å².